The zero-order valence-electron chi connectivity index (χ0n) is 28.8. The number of carbonyl (C=O) groups is 5. The van der Waals surface area contributed by atoms with Crippen molar-refractivity contribution < 1.29 is 33.4 Å². The van der Waals surface area contributed by atoms with Crippen LogP contribution in [0, 0.1) is 11.8 Å². The lowest BCUT2D eigenvalue weighted by Crippen LogP contribution is -2.56. The highest BCUT2D eigenvalue weighted by Crippen LogP contribution is 2.48. The molecule has 4 amide bonds. The van der Waals surface area contributed by atoms with Crippen LogP contribution in [0.4, 0.5) is 9.59 Å². The summed E-state index contributed by atoms with van der Waals surface area (Å²) in [4.78, 5) is 71.4. The SMILES string of the molecule is CC(C)(C)OC(=O)N[C@H]1CCCCC/C=C\[C@@H]2C[C@@]2(C(=O)CCC2CC2)NC(=O)[C@@H]2C[C@@H](OC(=O)N3Cc4cccc(Cl)c4C3)CN2C1=O. The third kappa shape index (κ3) is 8.41. The molecule has 0 unspecified atom stereocenters. The first-order valence-corrected chi connectivity index (χ1v) is 18.2. The number of ketones is 1. The molecule has 1 aromatic rings. The second-order valence-corrected chi connectivity index (χ2v) is 15.8. The van der Waals surface area contributed by atoms with E-state index in [-0.39, 0.29) is 24.7 Å². The maximum Gasteiger partial charge on any atom is 0.410 e. The Kier molecular flexibility index (Phi) is 10.3. The van der Waals surface area contributed by atoms with E-state index in [0.717, 1.165) is 49.7 Å². The Morgan fingerprint density at radius 2 is 1.88 bits per heavy atom. The van der Waals surface area contributed by atoms with E-state index < -0.39 is 53.3 Å². The maximum absolute atomic E-state index is 14.3. The average Bonchev–Trinajstić information content (AvgIpc) is 3.89. The summed E-state index contributed by atoms with van der Waals surface area (Å²) in [6, 6.07) is 3.60. The van der Waals surface area contributed by atoms with Crippen LogP contribution in [-0.4, -0.2) is 75.5 Å². The third-order valence-electron chi connectivity index (χ3n) is 10.4. The number of ether oxygens (including phenoxy) is 2. The van der Waals surface area contributed by atoms with Crippen LogP contribution >= 0.6 is 11.6 Å². The number of carbonyl (C=O) groups excluding carboxylic acids is 5. The largest absolute Gasteiger partial charge is 0.444 e. The summed E-state index contributed by atoms with van der Waals surface area (Å²) in [5.74, 6) is -0.383. The highest BCUT2D eigenvalue weighted by atomic mass is 35.5. The normalized spacial score (nSPS) is 29.4. The van der Waals surface area contributed by atoms with Gasteiger partial charge in [-0.15, -0.1) is 0 Å². The first-order valence-electron chi connectivity index (χ1n) is 17.9. The molecule has 0 bridgehead atoms. The summed E-state index contributed by atoms with van der Waals surface area (Å²) < 4.78 is 11.4. The lowest BCUT2D eigenvalue weighted by Gasteiger charge is -2.30. The molecule has 2 N–H and O–H groups in total. The van der Waals surface area contributed by atoms with Gasteiger partial charge in [-0.3, -0.25) is 19.3 Å². The lowest BCUT2D eigenvalue weighted by molar-refractivity contribution is -0.141. The molecule has 12 heteroatoms. The monoisotopic (exact) mass is 696 g/mol. The number of benzene rings is 1. The van der Waals surface area contributed by atoms with Crippen LogP contribution in [0.1, 0.15) is 103 Å². The molecule has 2 saturated carbocycles. The first kappa shape index (κ1) is 35.2. The molecule has 1 aromatic carbocycles. The van der Waals surface area contributed by atoms with Gasteiger partial charge in [0.25, 0.3) is 0 Å². The number of allylic oxidation sites excluding steroid dienone is 1. The molecule has 2 aliphatic carbocycles. The van der Waals surface area contributed by atoms with Crippen LogP contribution in [0.15, 0.2) is 30.4 Å². The van der Waals surface area contributed by atoms with Crippen LogP contribution in [0.25, 0.3) is 0 Å². The van der Waals surface area contributed by atoms with Gasteiger partial charge < -0.3 is 25.0 Å². The topological polar surface area (TPSA) is 134 Å². The molecule has 3 heterocycles. The van der Waals surface area contributed by atoms with Crippen LogP contribution in [0.5, 0.6) is 0 Å². The number of hydrogen-bond donors (Lipinski definition) is 2. The smallest absolute Gasteiger partial charge is 0.410 e. The van der Waals surface area contributed by atoms with E-state index in [1.165, 1.54) is 4.90 Å². The van der Waals surface area contributed by atoms with Crippen molar-refractivity contribution in [1.29, 1.82) is 0 Å². The fraction of sp³-hybridized carbons (Fsp3) is 0.649. The summed E-state index contributed by atoms with van der Waals surface area (Å²) in [5, 5.41) is 6.43. The van der Waals surface area contributed by atoms with Gasteiger partial charge >= 0.3 is 12.2 Å². The van der Waals surface area contributed by atoms with Crippen molar-refractivity contribution in [1.82, 2.24) is 20.4 Å². The molecule has 49 heavy (non-hydrogen) atoms. The zero-order chi connectivity index (χ0) is 34.9. The molecular weight excluding hydrogens is 648 g/mol. The van der Waals surface area contributed by atoms with Crippen molar-refractivity contribution in [2.45, 2.75) is 134 Å². The predicted octanol–water partition coefficient (Wildman–Crippen LogP) is 5.81. The number of hydrogen-bond acceptors (Lipinski definition) is 7. The zero-order valence-corrected chi connectivity index (χ0v) is 29.6. The Hall–Kier alpha value is -3.60. The van der Waals surface area contributed by atoms with Gasteiger partial charge in [-0.25, -0.2) is 9.59 Å². The fourth-order valence-electron chi connectivity index (χ4n) is 7.38. The Morgan fingerprint density at radius 1 is 1.08 bits per heavy atom. The molecule has 1 saturated heterocycles. The molecule has 11 nitrogen and oxygen atoms in total. The van der Waals surface area contributed by atoms with E-state index in [1.807, 2.05) is 12.1 Å². The molecule has 266 valence electrons. The number of nitrogens with zero attached hydrogens (tertiary/aromatic N) is 2. The summed E-state index contributed by atoms with van der Waals surface area (Å²) >= 11 is 6.37. The number of nitrogens with one attached hydrogen (secondary N) is 2. The predicted molar refractivity (Wildman–Crippen MR) is 182 cm³/mol. The van der Waals surface area contributed by atoms with Crippen LogP contribution in [-0.2, 0) is 36.9 Å². The molecular formula is C37H49ClN4O7. The van der Waals surface area contributed by atoms with Gasteiger partial charge in [-0.1, -0.05) is 61.6 Å². The molecule has 0 aromatic heterocycles. The Labute approximate surface area is 293 Å². The molecule has 0 spiro atoms. The van der Waals surface area contributed by atoms with Gasteiger partial charge in [0.15, 0.2) is 5.78 Å². The maximum atomic E-state index is 14.3. The van der Waals surface area contributed by atoms with E-state index in [2.05, 4.69) is 22.8 Å². The minimum absolute atomic E-state index is 0.0251. The summed E-state index contributed by atoms with van der Waals surface area (Å²) in [6.07, 6.45) is 9.79. The highest BCUT2D eigenvalue weighted by molar-refractivity contribution is 6.31. The van der Waals surface area contributed by atoms with E-state index in [1.54, 1.807) is 31.7 Å². The second-order valence-electron chi connectivity index (χ2n) is 15.4. The number of Topliss-reactive ketones (excluding diaryl/α,β-unsaturated/α-hetero) is 1. The van der Waals surface area contributed by atoms with Crippen molar-refractivity contribution in [3.8, 4) is 0 Å². The number of fused-ring (bicyclic) bond motifs is 3. The first-order chi connectivity index (χ1) is 23.3. The minimum Gasteiger partial charge on any atom is -0.444 e. The standard InChI is InChI=1S/C37H49ClN4O7/c1-36(2,3)49-34(46)39-29-13-8-6-4-5-7-11-25-19-37(25,31(43)17-16-23-14-15-23)40-32(44)30-18-26(21-42(30)33(29)45)48-35(47)41-20-24-10-9-12-28(38)27(24)22-41/h7,9-12,23,25-26,29-30H,4-6,8,13-22H2,1-3H3,(H,39,46)(H,40,44)/b11-7-/t25-,26-,29+,30+,37-/m1/s1. The summed E-state index contributed by atoms with van der Waals surface area (Å²) in [7, 11) is 0. The Balaban J connectivity index is 1.23. The number of alkyl carbamates (subject to hydrolysis) is 1. The molecule has 5 atom stereocenters. The van der Waals surface area contributed by atoms with Crippen LogP contribution in [0.3, 0.4) is 0 Å². The highest BCUT2D eigenvalue weighted by Gasteiger charge is 2.60. The molecule has 3 aliphatic heterocycles. The van der Waals surface area contributed by atoms with E-state index in [0.29, 0.717) is 49.7 Å². The van der Waals surface area contributed by atoms with E-state index >= 15 is 0 Å². The van der Waals surface area contributed by atoms with Crippen LogP contribution in [0.2, 0.25) is 5.02 Å². The van der Waals surface area contributed by atoms with Crippen molar-refractivity contribution in [3.63, 3.8) is 0 Å². The molecule has 3 fully saturated rings. The summed E-state index contributed by atoms with van der Waals surface area (Å²) in [6.45, 7) is 5.86. The van der Waals surface area contributed by atoms with E-state index in [4.69, 9.17) is 21.1 Å². The van der Waals surface area contributed by atoms with Crippen molar-refractivity contribution in [2.24, 2.45) is 11.8 Å². The minimum atomic E-state index is -0.999. The number of rotatable bonds is 6. The van der Waals surface area contributed by atoms with Gasteiger partial charge in [0.05, 0.1) is 13.1 Å². The number of amides is 4. The fourth-order valence-corrected chi connectivity index (χ4v) is 7.63. The molecule has 6 rings (SSSR count). The van der Waals surface area contributed by atoms with E-state index in [9.17, 15) is 24.0 Å². The summed E-state index contributed by atoms with van der Waals surface area (Å²) in [5.41, 5.74) is 0.0465. The average molecular weight is 697 g/mol. The lowest BCUT2D eigenvalue weighted by atomic mass is 10.00. The third-order valence-corrected chi connectivity index (χ3v) is 10.7. The van der Waals surface area contributed by atoms with Gasteiger partial charge in [-0.2, -0.15) is 0 Å². The van der Waals surface area contributed by atoms with Crippen molar-refractivity contribution in [3.05, 3.63) is 46.5 Å². The van der Waals surface area contributed by atoms with Crippen molar-refractivity contribution >= 4 is 41.4 Å². The molecule has 0 radical (unpaired) electrons. The van der Waals surface area contributed by atoms with Crippen molar-refractivity contribution in [2.75, 3.05) is 6.54 Å². The van der Waals surface area contributed by atoms with Crippen LogP contribution < -0.4 is 10.6 Å². The number of halogens is 1. The van der Waals surface area contributed by atoms with Gasteiger partial charge in [0, 0.05) is 30.3 Å². The second kappa shape index (κ2) is 14.3. The molecule has 5 aliphatic rings. The van der Waals surface area contributed by atoms with Gasteiger partial charge in [0.2, 0.25) is 11.8 Å². The van der Waals surface area contributed by atoms with Gasteiger partial charge in [-0.05, 0) is 76.0 Å². The Morgan fingerprint density at radius 3 is 2.61 bits per heavy atom. The quantitative estimate of drug-likeness (QED) is 0.359. The Bertz CT molecular complexity index is 1500. The van der Waals surface area contributed by atoms with Gasteiger partial charge in [0.1, 0.15) is 29.3 Å².